The van der Waals surface area contributed by atoms with Gasteiger partial charge in [-0.1, -0.05) is 15.9 Å². The maximum absolute atomic E-state index is 12.0. The zero-order valence-electron chi connectivity index (χ0n) is 15.6. The van der Waals surface area contributed by atoms with Gasteiger partial charge in [0.15, 0.2) is 5.96 Å². The van der Waals surface area contributed by atoms with Crippen LogP contribution >= 0.6 is 39.9 Å². The molecule has 0 bridgehead atoms. The summed E-state index contributed by atoms with van der Waals surface area (Å²) in [6.45, 7) is 2.01. The van der Waals surface area contributed by atoms with Crippen LogP contribution < -0.4 is 20.9 Å². The maximum atomic E-state index is 12.0. The lowest BCUT2D eigenvalue weighted by atomic mass is 10.3. The Kier molecular flexibility index (Phi) is 8.97. The van der Waals surface area contributed by atoms with Gasteiger partial charge in [0.25, 0.3) is 0 Å². The molecule has 1 aliphatic heterocycles. The third kappa shape index (κ3) is 6.62. The lowest BCUT2D eigenvalue weighted by molar-refractivity contribution is -0.115. The SMILES string of the molecule is CN=C(NCC(=O)Nc1cccnc1)NC1CCN(c2ccc(Br)cc2)C1.I. The van der Waals surface area contributed by atoms with E-state index in [4.69, 9.17) is 0 Å². The van der Waals surface area contributed by atoms with E-state index in [9.17, 15) is 4.79 Å². The van der Waals surface area contributed by atoms with E-state index < -0.39 is 0 Å². The van der Waals surface area contributed by atoms with E-state index in [-0.39, 0.29) is 42.5 Å². The van der Waals surface area contributed by atoms with Gasteiger partial charge in [0, 0.05) is 42.5 Å². The topological polar surface area (TPSA) is 81.6 Å². The second-order valence-corrected chi connectivity index (χ2v) is 7.18. The molecule has 3 N–H and O–H groups in total. The van der Waals surface area contributed by atoms with Crippen LogP contribution in [0.1, 0.15) is 6.42 Å². The summed E-state index contributed by atoms with van der Waals surface area (Å²) >= 11 is 3.47. The van der Waals surface area contributed by atoms with Crippen LogP contribution in [0.4, 0.5) is 11.4 Å². The van der Waals surface area contributed by atoms with Gasteiger partial charge in [-0.2, -0.15) is 0 Å². The molecular formula is C19H24BrIN6O. The van der Waals surface area contributed by atoms with Gasteiger partial charge >= 0.3 is 0 Å². The second-order valence-electron chi connectivity index (χ2n) is 6.27. The molecule has 1 aromatic heterocycles. The highest BCUT2D eigenvalue weighted by Gasteiger charge is 2.23. The van der Waals surface area contributed by atoms with Crippen LogP contribution in [0, 0.1) is 0 Å². The number of benzene rings is 1. The number of carbonyl (C=O) groups excluding carboxylic acids is 1. The molecule has 0 spiro atoms. The summed E-state index contributed by atoms with van der Waals surface area (Å²) in [6, 6.07) is 12.2. The quantitative estimate of drug-likeness (QED) is 0.299. The number of amides is 1. The molecule has 1 fully saturated rings. The first kappa shape index (κ1) is 22.4. The molecule has 0 saturated carbocycles. The van der Waals surface area contributed by atoms with E-state index in [0.29, 0.717) is 11.6 Å². The summed E-state index contributed by atoms with van der Waals surface area (Å²) in [4.78, 5) is 22.6. The van der Waals surface area contributed by atoms with Gasteiger partial charge in [-0.15, -0.1) is 24.0 Å². The van der Waals surface area contributed by atoms with Crippen LogP contribution in [0.3, 0.4) is 0 Å². The van der Waals surface area contributed by atoms with Crippen molar-refractivity contribution >= 4 is 63.1 Å². The van der Waals surface area contributed by atoms with E-state index >= 15 is 0 Å². The van der Waals surface area contributed by atoms with Crippen molar-refractivity contribution in [3.63, 3.8) is 0 Å². The Labute approximate surface area is 190 Å². The number of hydrogen-bond acceptors (Lipinski definition) is 4. The lowest BCUT2D eigenvalue weighted by Gasteiger charge is -2.20. The summed E-state index contributed by atoms with van der Waals surface area (Å²) < 4.78 is 1.08. The Bertz CT molecular complexity index is 787. The largest absolute Gasteiger partial charge is 0.369 e. The van der Waals surface area contributed by atoms with E-state index in [2.05, 4.69) is 71.0 Å². The van der Waals surface area contributed by atoms with Gasteiger partial charge in [0.1, 0.15) is 0 Å². The monoisotopic (exact) mass is 558 g/mol. The van der Waals surface area contributed by atoms with E-state index in [1.54, 1.807) is 31.6 Å². The molecule has 1 aliphatic rings. The Morgan fingerprint density at radius 2 is 2.11 bits per heavy atom. The fourth-order valence-corrected chi connectivity index (χ4v) is 3.22. The summed E-state index contributed by atoms with van der Waals surface area (Å²) in [5.41, 5.74) is 1.88. The van der Waals surface area contributed by atoms with E-state index in [1.807, 2.05) is 0 Å². The molecule has 1 aromatic carbocycles. The van der Waals surface area contributed by atoms with Crippen LogP contribution in [0.5, 0.6) is 0 Å². The minimum Gasteiger partial charge on any atom is -0.369 e. The van der Waals surface area contributed by atoms with Crippen LogP contribution in [-0.2, 0) is 4.79 Å². The minimum atomic E-state index is -0.145. The number of halogens is 2. The standard InChI is InChI=1S/C19H23BrN6O.HI/c1-21-19(23-12-18(27)24-15-3-2-9-22-11-15)25-16-8-10-26(13-16)17-6-4-14(20)5-7-17;/h2-7,9,11,16H,8,10,12-13H2,1H3,(H,24,27)(H2,21,23,25);1H. The van der Waals surface area contributed by atoms with Gasteiger partial charge in [0.05, 0.1) is 18.4 Å². The first-order valence-corrected chi connectivity index (χ1v) is 9.61. The van der Waals surface area contributed by atoms with Gasteiger partial charge in [-0.3, -0.25) is 14.8 Å². The Balaban J connectivity index is 0.00000280. The van der Waals surface area contributed by atoms with Gasteiger partial charge in [-0.05, 0) is 42.8 Å². The predicted octanol–water partition coefficient (Wildman–Crippen LogP) is 2.84. The van der Waals surface area contributed by atoms with Gasteiger partial charge < -0.3 is 20.9 Å². The predicted molar refractivity (Wildman–Crippen MR) is 128 cm³/mol. The normalized spacial score (nSPS) is 16.3. The Morgan fingerprint density at radius 3 is 2.79 bits per heavy atom. The number of rotatable bonds is 5. The molecular weight excluding hydrogens is 535 g/mol. The van der Waals surface area contributed by atoms with Crippen molar-refractivity contribution < 1.29 is 4.79 Å². The first-order valence-electron chi connectivity index (χ1n) is 8.81. The molecule has 9 heteroatoms. The average Bonchev–Trinajstić information content (AvgIpc) is 3.15. The molecule has 1 amide bonds. The fourth-order valence-electron chi connectivity index (χ4n) is 2.96. The van der Waals surface area contributed by atoms with Crippen molar-refractivity contribution in [1.82, 2.24) is 15.6 Å². The number of hydrogen-bond donors (Lipinski definition) is 3. The first-order chi connectivity index (χ1) is 13.1. The number of nitrogens with zero attached hydrogens (tertiary/aromatic N) is 3. The Hall–Kier alpha value is -1.88. The molecule has 0 aliphatic carbocycles. The summed E-state index contributed by atoms with van der Waals surface area (Å²) in [7, 11) is 1.70. The highest BCUT2D eigenvalue weighted by molar-refractivity contribution is 14.0. The zero-order valence-corrected chi connectivity index (χ0v) is 19.5. The number of aromatic nitrogens is 1. The number of guanidine groups is 1. The number of aliphatic imine (C=N–C) groups is 1. The molecule has 1 saturated heterocycles. The maximum Gasteiger partial charge on any atom is 0.243 e. The molecule has 1 unspecified atom stereocenters. The molecule has 7 nitrogen and oxygen atoms in total. The van der Waals surface area contributed by atoms with Gasteiger partial charge in [0.2, 0.25) is 5.91 Å². The number of nitrogens with one attached hydrogen (secondary N) is 3. The summed E-state index contributed by atoms with van der Waals surface area (Å²) in [5.74, 6) is 0.479. The number of anilines is 2. The molecule has 3 rings (SSSR count). The molecule has 28 heavy (non-hydrogen) atoms. The average molecular weight is 559 g/mol. The van der Waals surface area contributed by atoms with E-state index in [1.165, 1.54) is 5.69 Å². The lowest BCUT2D eigenvalue weighted by Crippen LogP contribution is -2.46. The van der Waals surface area contributed by atoms with Crippen molar-refractivity contribution in [1.29, 1.82) is 0 Å². The van der Waals surface area contributed by atoms with Crippen LogP contribution in [-0.4, -0.2) is 49.6 Å². The van der Waals surface area contributed by atoms with Crippen molar-refractivity contribution in [2.75, 3.05) is 36.9 Å². The third-order valence-electron chi connectivity index (χ3n) is 4.31. The summed E-state index contributed by atoms with van der Waals surface area (Å²) in [6.07, 6.45) is 4.29. The van der Waals surface area contributed by atoms with Crippen LogP contribution in [0.2, 0.25) is 0 Å². The van der Waals surface area contributed by atoms with Crippen molar-refractivity contribution in [2.24, 2.45) is 4.99 Å². The zero-order chi connectivity index (χ0) is 19.1. The highest BCUT2D eigenvalue weighted by Crippen LogP contribution is 2.22. The second kappa shape index (κ2) is 11.2. The van der Waals surface area contributed by atoms with Crippen LogP contribution in [0.25, 0.3) is 0 Å². The number of pyridine rings is 1. The molecule has 0 radical (unpaired) electrons. The van der Waals surface area contributed by atoms with Crippen molar-refractivity contribution in [2.45, 2.75) is 12.5 Å². The van der Waals surface area contributed by atoms with Crippen molar-refractivity contribution in [3.8, 4) is 0 Å². The minimum absolute atomic E-state index is 0. The molecule has 2 aromatic rings. The summed E-state index contributed by atoms with van der Waals surface area (Å²) in [5, 5.41) is 9.24. The smallest absolute Gasteiger partial charge is 0.243 e. The number of carbonyl (C=O) groups is 1. The van der Waals surface area contributed by atoms with Crippen LogP contribution in [0.15, 0.2) is 58.3 Å². The molecule has 1 atom stereocenters. The highest BCUT2D eigenvalue weighted by atomic mass is 127. The van der Waals surface area contributed by atoms with Gasteiger partial charge in [-0.25, -0.2) is 0 Å². The Morgan fingerprint density at radius 1 is 1.32 bits per heavy atom. The van der Waals surface area contributed by atoms with Crippen molar-refractivity contribution in [3.05, 3.63) is 53.3 Å². The molecule has 150 valence electrons. The molecule has 2 heterocycles. The third-order valence-corrected chi connectivity index (χ3v) is 4.83. The van der Waals surface area contributed by atoms with E-state index in [0.717, 1.165) is 24.0 Å². The fraction of sp³-hybridized carbons (Fsp3) is 0.316.